The van der Waals surface area contributed by atoms with E-state index in [0.717, 1.165) is 10.5 Å². The molecule has 0 atom stereocenters. The van der Waals surface area contributed by atoms with Crippen LogP contribution in [-0.2, 0) is 23.9 Å². The van der Waals surface area contributed by atoms with E-state index in [9.17, 15) is 14.4 Å². The predicted octanol–water partition coefficient (Wildman–Crippen LogP) is 1.84. The molecule has 0 unspecified atom stereocenters. The Morgan fingerprint density at radius 1 is 1.00 bits per heavy atom. The first-order valence-corrected chi connectivity index (χ1v) is 7.12. The summed E-state index contributed by atoms with van der Waals surface area (Å²) in [6.45, 7) is 6.65. The van der Waals surface area contributed by atoms with Crippen LogP contribution in [0, 0.1) is 6.92 Å². The number of anilines is 1. The molecule has 0 bridgehead atoms. The maximum Gasteiger partial charge on any atom is 0.341 e. The Hall–Kier alpha value is -2.37. The largest absolute Gasteiger partial charge is 0.464 e. The molecule has 0 spiro atoms. The van der Waals surface area contributed by atoms with Gasteiger partial charge in [0.15, 0.2) is 0 Å². The van der Waals surface area contributed by atoms with E-state index < -0.39 is 23.9 Å². The molecule has 0 fully saturated rings. The van der Waals surface area contributed by atoms with Crippen LogP contribution < -0.4 is 4.90 Å². The van der Waals surface area contributed by atoms with E-state index in [0.29, 0.717) is 5.69 Å². The van der Waals surface area contributed by atoms with Gasteiger partial charge in [-0.2, -0.15) is 0 Å². The first-order chi connectivity index (χ1) is 10.4. The summed E-state index contributed by atoms with van der Waals surface area (Å²) in [5.41, 5.74) is 1.43. The van der Waals surface area contributed by atoms with E-state index in [1.807, 2.05) is 6.92 Å². The minimum atomic E-state index is -1.44. The van der Waals surface area contributed by atoms with Gasteiger partial charge in [-0.25, -0.2) is 9.59 Å². The number of nitrogens with zero attached hydrogens (tertiary/aromatic N) is 1. The molecule has 0 aromatic heterocycles. The SMILES string of the molecule is CCOC(=O)C(C(=O)OCC)N(C(C)=O)c1ccc(C)cc1. The van der Waals surface area contributed by atoms with Crippen molar-refractivity contribution in [1.82, 2.24) is 0 Å². The zero-order valence-corrected chi connectivity index (χ0v) is 13.3. The van der Waals surface area contributed by atoms with Crippen LogP contribution in [0.15, 0.2) is 24.3 Å². The van der Waals surface area contributed by atoms with E-state index in [1.54, 1.807) is 38.1 Å². The number of hydrogen-bond acceptors (Lipinski definition) is 5. The molecule has 120 valence electrons. The fourth-order valence-electron chi connectivity index (χ4n) is 1.97. The molecule has 0 radical (unpaired) electrons. The summed E-state index contributed by atoms with van der Waals surface area (Å²) in [6.07, 6.45) is 0. The summed E-state index contributed by atoms with van der Waals surface area (Å²) >= 11 is 0. The summed E-state index contributed by atoms with van der Waals surface area (Å²) < 4.78 is 9.83. The van der Waals surface area contributed by atoms with Crippen LogP contribution in [0.25, 0.3) is 0 Å². The molecular weight excluding hydrogens is 286 g/mol. The molecule has 0 aliphatic rings. The van der Waals surface area contributed by atoms with Gasteiger partial charge in [0.2, 0.25) is 11.9 Å². The van der Waals surface area contributed by atoms with Crippen molar-refractivity contribution in [3.63, 3.8) is 0 Å². The molecule has 6 nitrogen and oxygen atoms in total. The van der Waals surface area contributed by atoms with Crippen molar-refractivity contribution in [2.45, 2.75) is 33.7 Å². The third-order valence-corrected chi connectivity index (χ3v) is 2.93. The number of ether oxygens (including phenoxy) is 2. The number of aryl methyl sites for hydroxylation is 1. The maximum atomic E-state index is 12.1. The lowest BCUT2D eigenvalue weighted by Crippen LogP contribution is -2.51. The van der Waals surface area contributed by atoms with Gasteiger partial charge in [-0.05, 0) is 32.9 Å². The number of benzene rings is 1. The van der Waals surface area contributed by atoms with Crippen LogP contribution in [0.3, 0.4) is 0 Å². The quantitative estimate of drug-likeness (QED) is 0.592. The molecule has 1 aromatic carbocycles. The normalized spacial score (nSPS) is 10.2. The standard InChI is InChI=1S/C16H21NO5/c1-5-21-15(19)14(16(20)22-6-2)17(12(4)18)13-9-7-11(3)8-10-13/h7-10,14H,5-6H2,1-4H3. The van der Waals surface area contributed by atoms with Crippen molar-refractivity contribution >= 4 is 23.5 Å². The average molecular weight is 307 g/mol. The second kappa shape index (κ2) is 8.17. The maximum absolute atomic E-state index is 12.1. The van der Waals surface area contributed by atoms with Crippen molar-refractivity contribution in [2.24, 2.45) is 0 Å². The third-order valence-electron chi connectivity index (χ3n) is 2.93. The van der Waals surface area contributed by atoms with Crippen LogP contribution in [-0.4, -0.2) is 37.1 Å². The van der Waals surface area contributed by atoms with Crippen LogP contribution in [0.1, 0.15) is 26.3 Å². The average Bonchev–Trinajstić information content (AvgIpc) is 2.45. The molecular formula is C16H21NO5. The molecule has 1 amide bonds. The minimum Gasteiger partial charge on any atom is -0.464 e. The molecule has 0 aliphatic carbocycles. The van der Waals surface area contributed by atoms with Crippen LogP contribution >= 0.6 is 0 Å². The number of esters is 2. The minimum absolute atomic E-state index is 0.106. The Bertz CT molecular complexity index is 520. The molecule has 0 N–H and O–H groups in total. The Balaban J connectivity index is 3.25. The summed E-state index contributed by atoms with van der Waals surface area (Å²) in [5, 5.41) is 0. The highest BCUT2D eigenvalue weighted by atomic mass is 16.6. The van der Waals surface area contributed by atoms with Crippen molar-refractivity contribution in [3.05, 3.63) is 29.8 Å². The molecule has 0 aliphatic heterocycles. The molecule has 1 aromatic rings. The second-order valence-corrected chi connectivity index (χ2v) is 4.63. The smallest absolute Gasteiger partial charge is 0.341 e. The van der Waals surface area contributed by atoms with Gasteiger partial charge in [0, 0.05) is 12.6 Å². The lowest BCUT2D eigenvalue weighted by atomic mass is 10.1. The van der Waals surface area contributed by atoms with Gasteiger partial charge in [0.1, 0.15) is 0 Å². The number of rotatable bonds is 6. The zero-order chi connectivity index (χ0) is 16.7. The molecule has 1 rings (SSSR count). The highest BCUT2D eigenvalue weighted by molar-refractivity contribution is 6.10. The molecule has 6 heteroatoms. The van der Waals surface area contributed by atoms with Gasteiger partial charge in [0.25, 0.3) is 0 Å². The highest BCUT2D eigenvalue weighted by Crippen LogP contribution is 2.20. The third kappa shape index (κ3) is 4.31. The van der Waals surface area contributed by atoms with E-state index in [4.69, 9.17) is 9.47 Å². The predicted molar refractivity (Wildman–Crippen MR) is 81.4 cm³/mol. The van der Waals surface area contributed by atoms with Crippen LogP contribution in [0.2, 0.25) is 0 Å². The molecule has 0 saturated carbocycles. The van der Waals surface area contributed by atoms with Crippen molar-refractivity contribution < 1.29 is 23.9 Å². The van der Waals surface area contributed by atoms with Crippen molar-refractivity contribution in [3.8, 4) is 0 Å². The molecule has 0 heterocycles. The summed E-state index contributed by atoms with van der Waals surface area (Å²) in [6, 6.07) is 5.47. The highest BCUT2D eigenvalue weighted by Gasteiger charge is 2.38. The Morgan fingerprint density at radius 3 is 1.82 bits per heavy atom. The van der Waals surface area contributed by atoms with Crippen LogP contribution in [0.4, 0.5) is 5.69 Å². The van der Waals surface area contributed by atoms with Gasteiger partial charge in [-0.3, -0.25) is 9.69 Å². The zero-order valence-electron chi connectivity index (χ0n) is 13.3. The number of carbonyl (C=O) groups excluding carboxylic acids is 3. The van der Waals surface area contributed by atoms with Crippen LogP contribution in [0.5, 0.6) is 0 Å². The molecule has 0 saturated heterocycles. The summed E-state index contributed by atoms with van der Waals surface area (Å²) in [4.78, 5) is 37.3. The summed E-state index contributed by atoms with van der Waals surface area (Å²) in [5.74, 6) is -2.07. The number of carbonyl (C=O) groups is 3. The van der Waals surface area contributed by atoms with E-state index in [1.165, 1.54) is 6.92 Å². The summed E-state index contributed by atoms with van der Waals surface area (Å²) in [7, 11) is 0. The Kier molecular flexibility index (Phi) is 6.56. The first kappa shape index (κ1) is 17.7. The Morgan fingerprint density at radius 2 is 1.45 bits per heavy atom. The fraction of sp³-hybridized carbons (Fsp3) is 0.438. The Labute approximate surface area is 130 Å². The van der Waals surface area contributed by atoms with E-state index in [-0.39, 0.29) is 13.2 Å². The molecule has 22 heavy (non-hydrogen) atoms. The van der Waals surface area contributed by atoms with E-state index >= 15 is 0 Å². The lowest BCUT2D eigenvalue weighted by Gasteiger charge is -2.27. The van der Waals surface area contributed by atoms with Gasteiger partial charge in [-0.1, -0.05) is 17.7 Å². The topological polar surface area (TPSA) is 72.9 Å². The second-order valence-electron chi connectivity index (χ2n) is 4.63. The van der Waals surface area contributed by atoms with E-state index in [2.05, 4.69) is 0 Å². The van der Waals surface area contributed by atoms with Gasteiger partial charge >= 0.3 is 11.9 Å². The van der Waals surface area contributed by atoms with Gasteiger partial charge in [0.05, 0.1) is 13.2 Å². The fourth-order valence-corrected chi connectivity index (χ4v) is 1.97. The first-order valence-electron chi connectivity index (χ1n) is 7.12. The van der Waals surface area contributed by atoms with Gasteiger partial charge < -0.3 is 9.47 Å². The van der Waals surface area contributed by atoms with Crippen molar-refractivity contribution in [1.29, 1.82) is 0 Å². The van der Waals surface area contributed by atoms with Gasteiger partial charge in [-0.15, -0.1) is 0 Å². The number of hydrogen-bond donors (Lipinski definition) is 0. The monoisotopic (exact) mass is 307 g/mol. The lowest BCUT2D eigenvalue weighted by molar-refractivity contribution is -0.157. The number of amides is 1. The van der Waals surface area contributed by atoms with Crippen molar-refractivity contribution in [2.75, 3.05) is 18.1 Å².